The molecule has 0 spiro atoms. The lowest BCUT2D eigenvalue weighted by atomic mass is 10.2. The second kappa shape index (κ2) is 6.42. The number of carbonyl (C=O) groups is 2. The summed E-state index contributed by atoms with van der Waals surface area (Å²) in [6.07, 6.45) is 1.79. The van der Waals surface area contributed by atoms with Crippen molar-refractivity contribution in [2.45, 2.75) is 24.9 Å². The SMILES string of the molecule is CF.NC(CF)C(=O)C(=O)NC1CC1. The number of amides is 1. The van der Waals surface area contributed by atoms with Crippen LogP contribution in [0.2, 0.25) is 0 Å². The van der Waals surface area contributed by atoms with Crippen molar-refractivity contribution in [3.8, 4) is 0 Å². The van der Waals surface area contributed by atoms with Crippen LogP contribution in [0.3, 0.4) is 0 Å². The van der Waals surface area contributed by atoms with Crippen LogP contribution in [0.4, 0.5) is 8.78 Å². The predicted octanol–water partition coefficient (Wildman–Crippen LogP) is -0.283. The summed E-state index contributed by atoms with van der Waals surface area (Å²) in [4.78, 5) is 21.7. The molecule has 1 amide bonds. The summed E-state index contributed by atoms with van der Waals surface area (Å²) >= 11 is 0. The molecule has 0 heterocycles. The molecule has 1 aliphatic rings. The smallest absolute Gasteiger partial charge is 0.289 e. The van der Waals surface area contributed by atoms with Crippen LogP contribution in [0.1, 0.15) is 12.8 Å². The van der Waals surface area contributed by atoms with Gasteiger partial charge in [0, 0.05) is 6.04 Å². The number of rotatable bonds is 4. The minimum Gasteiger partial charge on any atom is -0.347 e. The number of nitrogens with one attached hydrogen (secondary N) is 1. The Morgan fingerprint density at radius 2 is 2.00 bits per heavy atom. The quantitative estimate of drug-likeness (QED) is 0.624. The molecular formula is C8H14F2N2O2. The topological polar surface area (TPSA) is 72.2 Å². The molecule has 4 nitrogen and oxygen atoms in total. The maximum absolute atomic E-state index is 11.8. The number of Topliss-reactive ketones (excluding diaryl/α,β-unsaturated/α-hetero) is 1. The summed E-state index contributed by atoms with van der Waals surface area (Å²) in [6.45, 7) is -0.989. The van der Waals surface area contributed by atoms with E-state index in [0.29, 0.717) is 7.18 Å². The van der Waals surface area contributed by atoms with Gasteiger partial charge in [0.05, 0.1) is 7.18 Å². The van der Waals surface area contributed by atoms with E-state index in [0.717, 1.165) is 12.8 Å². The molecule has 0 bridgehead atoms. The molecule has 1 saturated carbocycles. The van der Waals surface area contributed by atoms with E-state index in [9.17, 15) is 18.4 Å². The number of ketones is 1. The number of carbonyl (C=O) groups excluding carboxylic acids is 2. The fraction of sp³-hybridized carbons (Fsp3) is 0.750. The highest BCUT2D eigenvalue weighted by Crippen LogP contribution is 2.18. The first-order chi connectivity index (χ1) is 6.65. The Hall–Kier alpha value is -1.04. The van der Waals surface area contributed by atoms with E-state index in [1.165, 1.54) is 0 Å². The predicted molar refractivity (Wildman–Crippen MR) is 47.2 cm³/mol. The zero-order valence-corrected chi connectivity index (χ0v) is 7.93. The molecule has 14 heavy (non-hydrogen) atoms. The van der Waals surface area contributed by atoms with E-state index in [1.807, 2.05) is 0 Å². The van der Waals surface area contributed by atoms with Crippen molar-refractivity contribution in [3.05, 3.63) is 0 Å². The summed E-state index contributed by atoms with van der Waals surface area (Å²) in [6, 6.07) is -1.20. The highest BCUT2D eigenvalue weighted by Gasteiger charge is 2.28. The summed E-state index contributed by atoms with van der Waals surface area (Å²) in [7, 11) is 0.500. The molecule has 82 valence electrons. The Morgan fingerprint density at radius 3 is 2.36 bits per heavy atom. The lowest BCUT2D eigenvalue weighted by molar-refractivity contribution is -0.138. The average Bonchev–Trinajstić information content (AvgIpc) is 3.02. The van der Waals surface area contributed by atoms with E-state index >= 15 is 0 Å². The highest BCUT2D eigenvalue weighted by molar-refractivity contribution is 6.38. The molecule has 3 N–H and O–H groups in total. The van der Waals surface area contributed by atoms with Crippen LogP contribution < -0.4 is 11.1 Å². The van der Waals surface area contributed by atoms with Crippen molar-refractivity contribution in [2.75, 3.05) is 13.9 Å². The van der Waals surface area contributed by atoms with Gasteiger partial charge in [-0.3, -0.25) is 14.0 Å². The third-order valence-corrected chi connectivity index (χ3v) is 1.64. The van der Waals surface area contributed by atoms with Gasteiger partial charge in [-0.25, -0.2) is 4.39 Å². The fourth-order valence-corrected chi connectivity index (χ4v) is 0.723. The third-order valence-electron chi connectivity index (χ3n) is 1.64. The second-order valence-corrected chi connectivity index (χ2v) is 2.87. The molecule has 6 heteroatoms. The van der Waals surface area contributed by atoms with Crippen molar-refractivity contribution in [3.63, 3.8) is 0 Å². The van der Waals surface area contributed by atoms with Gasteiger partial charge in [-0.05, 0) is 12.8 Å². The Bertz CT molecular complexity index is 208. The minimum atomic E-state index is -1.30. The summed E-state index contributed by atoms with van der Waals surface area (Å²) < 4.78 is 21.3. The first-order valence-corrected chi connectivity index (χ1v) is 4.19. The molecule has 1 rings (SSSR count). The van der Waals surface area contributed by atoms with Gasteiger partial charge in [-0.2, -0.15) is 0 Å². The zero-order valence-electron chi connectivity index (χ0n) is 7.93. The van der Waals surface area contributed by atoms with Gasteiger partial charge < -0.3 is 11.1 Å². The van der Waals surface area contributed by atoms with Crippen LogP contribution in [0.5, 0.6) is 0 Å². The molecule has 0 aliphatic heterocycles. The fourth-order valence-electron chi connectivity index (χ4n) is 0.723. The Balaban J connectivity index is 0.000000791. The Labute approximate surface area is 80.8 Å². The third kappa shape index (κ3) is 4.27. The normalized spacial score (nSPS) is 16.3. The van der Waals surface area contributed by atoms with Gasteiger partial charge in [0.2, 0.25) is 5.78 Å². The lowest BCUT2D eigenvalue weighted by Crippen LogP contribution is -2.44. The van der Waals surface area contributed by atoms with Gasteiger partial charge in [0.15, 0.2) is 0 Å². The van der Waals surface area contributed by atoms with E-state index < -0.39 is 24.4 Å². The number of hydrogen-bond acceptors (Lipinski definition) is 3. The summed E-state index contributed by atoms with van der Waals surface area (Å²) in [5, 5.41) is 2.43. The molecule has 0 saturated heterocycles. The molecule has 1 unspecified atom stereocenters. The van der Waals surface area contributed by atoms with E-state index in [-0.39, 0.29) is 6.04 Å². The maximum atomic E-state index is 11.8. The van der Waals surface area contributed by atoms with Crippen LogP contribution in [0.25, 0.3) is 0 Å². The first-order valence-electron chi connectivity index (χ1n) is 4.19. The van der Waals surface area contributed by atoms with Crippen molar-refractivity contribution < 1.29 is 18.4 Å². The average molecular weight is 208 g/mol. The van der Waals surface area contributed by atoms with E-state index in [2.05, 4.69) is 5.32 Å². The monoisotopic (exact) mass is 208 g/mol. The van der Waals surface area contributed by atoms with E-state index in [1.54, 1.807) is 0 Å². The summed E-state index contributed by atoms with van der Waals surface area (Å²) in [5.74, 6) is -1.63. The van der Waals surface area contributed by atoms with Crippen molar-refractivity contribution >= 4 is 11.7 Å². The molecule has 0 aromatic heterocycles. The Kier molecular flexibility index (Phi) is 5.94. The molecule has 0 aromatic carbocycles. The van der Waals surface area contributed by atoms with Crippen LogP contribution in [0.15, 0.2) is 0 Å². The number of nitrogens with two attached hydrogens (primary N) is 1. The highest BCUT2D eigenvalue weighted by atomic mass is 19.1. The lowest BCUT2D eigenvalue weighted by Gasteiger charge is -2.05. The molecule has 1 aliphatic carbocycles. The van der Waals surface area contributed by atoms with Crippen molar-refractivity contribution in [2.24, 2.45) is 5.73 Å². The zero-order chi connectivity index (χ0) is 11.1. The second-order valence-electron chi connectivity index (χ2n) is 2.87. The maximum Gasteiger partial charge on any atom is 0.289 e. The first kappa shape index (κ1) is 13.0. The van der Waals surface area contributed by atoms with Crippen LogP contribution >= 0.6 is 0 Å². The van der Waals surface area contributed by atoms with Crippen LogP contribution in [-0.4, -0.2) is 37.6 Å². The summed E-state index contributed by atoms with van der Waals surface area (Å²) in [5.41, 5.74) is 5.03. The van der Waals surface area contributed by atoms with Crippen LogP contribution in [-0.2, 0) is 9.59 Å². The van der Waals surface area contributed by atoms with Crippen molar-refractivity contribution in [1.82, 2.24) is 5.32 Å². The molecule has 1 atom stereocenters. The minimum absolute atomic E-state index is 0.105. The molecular weight excluding hydrogens is 194 g/mol. The molecule has 1 fully saturated rings. The van der Waals surface area contributed by atoms with Gasteiger partial charge in [-0.1, -0.05) is 0 Å². The molecule has 0 aromatic rings. The number of halogens is 2. The van der Waals surface area contributed by atoms with Gasteiger partial charge in [0.25, 0.3) is 5.91 Å². The number of alkyl halides is 2. The molecule has 0 radical (unpaired) electrons. The largest absolute Gasteiger partial charge is 0.347 e. The van der Waals surface area contributed by atoms with E-state index in [4.69, 9.17) is 5.73 Å². The van der Waals surface area contributed by atoms with Gasteiger partial charge in [-0.15, -0.1) is 0 Å². The Morgan fingerprint density at radius 1 is 1.50 bits per heavy atom. The van der Waals surface area contributed by atoms with Crippen molar-refractivity contribution in [1.29, 1.82) is 0 Å². The van der Waals surface area contributed by atoms with Crippen LogP contribution in [0, 0.1) is 0 Å². The number of hydrogen-bond donors (Lipinski definition) is 2. The van der Waals surface area contributed by atoms with Gasteiger partial charge >= 0.3 is 0 Å². The standard InChI is InChI=1S/C7H11FN2O2.CH3F/c8-3-5(9)6(11)7(12)10-4-1-2-4;1-2/h4-5H,1-3,9H2,(H,10,12);1H3. The van der Waals surface area contributed by atoms with Gasteiger partial charge in [0.1, 0.15) is 12.7 Å².